The van der Waals surface area contributed by atoms with Crippen molar-refractivity contribution in [1.29, 1.82) is 0 Å². The number of tetrazole rings is 1. The molecule has 0 amide bonds. The Balaban J connectivity index is 1.83. The van der Waals surface area contributed by atoms with E-state index in [4.69, 9.17) is 9.47 Å². The SMILES string of the molecule is CCCCOc1ccc(OC(=O)Cn2nnc(C)n2)cc1. The summed E-state index contributed by atoms with van der Waals surface area (Å²) in [7, 11) is 0. The molecule has 0 aliphatic heterocycles. The highest BCUT2D eigenvalue weighted by Gasteiger charge is 2.08. The molecule has 0 aliphatic carbocycles. The van der Waals surface area contributed by atoms with Gasteiger partial charge in [-0.05, 0) is 42.8 Å². The minimum atomic E-state index is -0.452. The van der Waals surface area contributed by atoms with E-state index in [-0.39, 0.29) is 6.54 Å². The molecule has 2 aromatic rings. The number of esters is 1. The minimum Gasteiger partial charge on any atom is -0.494 e. The van der Waals surface area contributed by atoms with Gasteiger partial charge < -0.3 is 9.47 Å². The molecule has 0 saturated carbocycles. The van der Waals surface area contributed by atoms with E-state index >= 15 is 0 Å². The number of hydrogen-bond acceptors (Lipinski definition) is 6. The zero-order chi connectivity index (χ0) is 15.1. The average Bonchev–Trinajstić information content (AvgIpc) is 2.86. The standard InChI is InChI=1S/C14H18N4O3/c1-3-4-9-20-12-5-7-13(8-6-12)21-14(19)10-18-16-11(2)15-17-18/h5-8H,3-4,9-10H2,1-2H3. The smallest absolute Gasteiger partial charge is 0.335 e. The summed E-state index contributed by atoms with van der Waals surface area (Å²) >= 11 is 0. The summed E-state index contributed by atoms with van der Waals surface area (Å²) < 4.78 is 10.7. The van der Waals surface area contributed by atoms with Gasteiger partial charge in [0.15, 0.2) is 12.4 Å². The monoisotopic (exact) mass is 290 g/mol. The van der Waals surface area contributed by atoms with Crippen molar-refractivity contribution < 1.29 is 14.3 Å². The van der Waals surface area contributed by atoms with E-state index in [2.05, 4.69) is 22.3 Å². The number of rotatable bonds is 7. The van der Waals surface area contributed by atoms with Crippen molar-refractivity contribution >= 4 is 5.97 Å². The predicted octanol–water partition coefficient (Wildman–Crippen LogP) is 1.77. The molecule has 2 rings (SSSR count). The van der Waals surface area contributed by atoms with Crippen LogP contribution in [-0.4, -0.2) is 32.8 Å². The van der Waals surface area contributed by atoms with Gasteiger partial charge in [0.25, 0.3) is 0 Å². The zero-order valence-corrected chi connectivity index (χ0v) is 12.2. The van der Waals surface area contributed by atoms with Crippen LogP contribution < -0.4 is 9.47 Å². The molecule has 7 heteroatoms. The quantitative estimate of drug-likeness (QED) is 0.439. The molecule has 0 saturated heterocycles. The van der Waals surface area contributed by atoms with Gasteiger partial charge in [0.05, 0.1) is 6.61 Å². The number of carbonyl (C=O) groups is 1. The molecule has 0 radical (unpaired) electrons. The van der Waals surface area contributed by atoms with E-state index in [9.17, 15) is 4.79 Å². The summed E-state index contributed by atoms with van der Waals surface area (Å²) in [5.41, 5.74) is 0. The lowest BCUT2D eigenvalue weighted by Crippen LogP contribution is -2.18. The first kappa shape index (κ1) is 15.0. The van der Waals surface area contributed by atoms with Crippen LogP contribution in [0.4, 0.5) is 0 Å². The highest BCUT2D eigenvalue weighted by atomic mass is 16.5. The molecule has 1 aromatic heterocycles. The van der Waals surface area contributed by atoms with Crippen molar-refractivity contribution in [1.82, 2.24) is 20.2 Å². The highest BCUT2D eigenvalue weighted by Crippen LogP contribution is 2.18. The van der Waals surface area contributed by atoms with Crippen molar-refractivity contribution in [3.05, 3.63) is 30.1 Å². The van der Waals surface area contributed by atoms with Crippen LogP contribution in [0.15, 0.2) is 24.3 Å². The third kappa shape index (κ3) is 4.87. The Labute approximate surface area is 122 Å². The number of carbonyl (C=O) groups excluding carboxylic acids is 1. The molecule has 0 atom stereocenters. The Bertz CT molecular complexity index is 580. The largest absolute Gasteiger partial charge is 0.494 e. The second-order valence-electron chi connectivity index (χ2n) is 4.51. The zero-order valence-electron chi connectivity index (χ0n) is 12.2. The maximum Gasteiger partial charge on any atom is 0.335 e. The maximum absolute atomic E-state index is 11.7. The lowest BCUT2D eigenvalue weighted by atomic mass is 10.3. The number of ether oxygens (including phenoxy) is 2. The Morgan fingerprint density at radius 1 is 1.24 bits per heavy atom. The van der Waals surface area contributed by atoms with Gasteiger partial charge >= 0.3 is 5.97 Å². The molecule has 0 N–H and O–H groups in total. The van der Waals surface area contributed by atoms with Crippen LogP contribution in [0.1, 0.15) is 25.6 Å². The van der Waals surface area contributed by atoms with Crippen molar-refractivity contribution in [3.8, 4) is 11.5 Å². The van der Waals surface area contributed by atoms with Crippen LogP contribution in [0.2, 0.25) is 0 Å². The highest BCUT2D eigenvalue weighted by molar-refractivity contribution is 5.71. The number of nitrogens with zero attached hydrogens (tertiary/aromatic N) is 4. The Morgan fingerprint density at radius 2 is 1.95 bits per heavy atom. The molecule has 21 heavy (non-hydrogen) atoms. The Kier molecular flexibility index (Phi) is 5.25. The van der Waals surface area contributed by atoms with Crippen molar-refractivity contribution in [2.45, 2.75) is 33.2 Å². The van der Waals surface area contributed by atoms with E-state index in [1.54, 1.807) is 31.2 Å². The molecular formula is C14H18N4O3. The molecule has 7 nitrogen and oxygen atoms in total. The molecule has 0 spiro atoms. The fourth-order valence-corrected chi connectivity index (χ4v) is 1.61. The molecule has 112 valence electrons. The van der Waals surface area contributed by atoms with Gasteiger partial charge in [-0.25, -0.2) is 4.79 Å². The number of hydrogen-bond donors (Lipinski definition) is 0. The lowest BCUT2D eigenvalue weighted by molar-refractivity contribution is -0.135. The summed E-state index contributed by atoms with van der Waals surface area (Å²) in [6.07, 6.45) is 2.10. The fourth-order valence-electron chi connectivity index (χ4n) is 1.61. The molecule has 0 unspecified atom stereocenters. The van der Waals surface area contributed by atoms with E-state index in [0.717, 1.165) is 18.6 Å². The van der Waals surface area contributed by atoms with E-state index < -0.39 is 5.97 Å². The first-order valence-electron chi connectivity index (χ1n) is 6.85. The minimum absolute atomic E-state index is 0.0738. The molecule has 0 fully saturated rings. The first-order chi connectivity index (χ1) is 10.2. The lowest BCUT2D eigenvalue weighted by Gasteiger charge is -2.07. The summed E-state index contributed by atoms with van der Waals surface area (Å²) in [5, 5.41) is 11.3. The third-order valence-corrected chi connectivity index (χ3v) is 2.65. The molecular weight excluding hydrogens is 272 g/mol. The topological polar surface area (TPSA) is 79.1 Å². The summed E-state index contributed by atoms with van der Waals surface area (Å²) in [4.78, 5) is 12.9. The van der Waals surface area contributed by atoms with Crippen LogP contribution in [0.5, 0.6) is 11.5 Å². The molecule has 0 aliphatic rings. The normalized spacial score (nSPS) is 10.4. The second-order valence-corrected chi connectivity index (χ2v) is 4.51. The number of unbranched alkanes of at least 4 members (excludes halogenated alkanes) is 1. The van der Waals surface area contributed by atoms with E-state index in [1.165, 1.54) is 4.80 Å². The van der Waals surface area contributed by atoms with Gasteiger partial charge in [-0.1, -0.05) is 13.3 Å². The van der Waals surface area contributed by atoms with Crippen LogP contribution in [0.3, 0.4) is 0 Å². The first-order valence-corrected chi connectivity index (χ1v) is 6.85. The second kappa shape index (κ2) is 7.37. The summed E-state index contributed by atoms with van der Waals surface area (Å²) in [6.45, 7) is 4.42. The molecule has 1 aromatic carbocycles. The van der Waals surface area contributed by atoms with E-state index in [0.29, 0.717) is 18.2 Å². The van der Waals surface area contributed by atoms with Gasteiger partial charge in [-0.2, -0.15) is 4.80 Å². The average molecular weight is 290 g/mol. The van der Waals surface area contributed by atoms with Gasteiger partial charge in [-0.3, -0.25) is 0 Å². The van der Waals surface area contributed by atoms with Crippen LogP contribution in [-0.2, 0) is 11.3 Å². The number of aryl methyl sites for hydroxylation is 1. The number of benzene rings is 1. The summed E-state index contributed by atoms with van der Waals surface area (Å²) in [5.74, 6) is 1.28. The van der Waals surface area contributed by atoms with Crippen LogP contribution in [0.25, 0.3) is 0 Å². The van der Waals surface area contributed by atoms with E-state index in [1.807, 2.05) is 0 Å². The Morgan fingerprint density at radius 3 is 2.57 bits per heavy atom. The van der Waals surface area contributed by atoms with Crippen LogP contribution in [0, 0.1) is 6.92 Å². The maximum atomic E-state index is 11.7. The fraction of sp³-hybridized carbons (Fsp3) is 0.429. The van der Waals surface area contributed by atoms with Crippen molar-refractivity contribution in [3.63, 3.8) is 0 Å². The van der Waals surface area contributed by atoms with Gasteiger partial charge in [0.2, 0.25) is 0 Å². The van der Waals surface area contributed by atoms with Crippen LogP contribution >= 0.6 is 0 Å². The predicted molar refractivity (Wildman–Crippen MR) is 75.0 cm³/mol. The van der Waals surface area contributed by atoms with Gasteiger partial charge in [0.1, 0.15) is 11.5 Å². The molecule has 0 bridgehead atoms. The van der Waals surface area contributed by atoms with Crippen molar-refractivity contribution in [2.75, 3.05) is 6.61 Å². The van der Waals surface area contributed by atoms with Crippen molar-refractivity contribution in [2.24, 2.45) is 0 Å². The van der Waals surface area contributed by atoms with Gasteiger partial charge in [-0.15, -0.1) is 10.2 Å². The summed E-state index contributed by atoms with van der Waals surface area (Å²) in [6, 6.07) is 6.94. The third-order valence-electron chi connectivity index (χ3n) is 2.65. The number of aromatic nitrogens is 4. The Hall–Kier alpha value is -2.44. The van der Waals surface area contributed by atoms with Gasteiger partial charge in [0, 0.05) is 0 Å². The molecule has 1 heterocycles.